The van der Waals surface area contributed by atoms with Crippen LogP contribution in [-0.4, -0.2) is 0 Å². The molecule has 0 aliphatic rings. The third kappa shape index (κ3) is 2.85. The number of rotatable bonds is 3. The Morgan fingerprint density at radius 1 is 1.12 bits per heavy atom. The van der Waals surface area contributed by atoms with Gasteiger partial charge in [-0.05, 0) is 24.6 Å². The summed E-state index contributed by atoms with van der Waals surface area (Å²) in [4.78, 5) is 0. The molecule has 1 N–H and O–H groups in total. The first-order valence-electron chi connectivity index (χ1n) is 5.58. The summed E-state index contributed by atoms with van der Waals surface area (Å²) in [5.41, 5.74) is 4.03. The maximum atomic E-state index is 8.97. The quantitative estimate of drug-likeness (QED) is 0.863. The van der Waals surface area contributed by atoms with Crippen LogP contribution in [0.15, 0.2) is 48.5 Å². The van der Waals surface area contributed by atoms with E-state index in [2.05, 4.69) is 36.5 Å². The van der Waals surface area contributed by atoms with Gasteiger partial charge in [0.25, 0.3) is 0 Å². The Morgan fingerprint density at radius 2 is 1.94 bits per heavy atom. The van der Waals surface area contributed by atoms with Gasteiger partial charge in [0.1, 0.15) is 6.07 Å². The Morgan fingerprint density at radius 3 is 2.71 bits per heavy atom. The Labute approximate surface area is 102 Å². The predicted octanol–water partition coefficient (Wildman–Crippen LogP) is 3.48. The van der Waals surface area contributed by atoms with E-state index in [-0.39, 0.29) is 0 Å². The second-order valence-corrected chi connectivity index (χ2v) is 4.00. The van der Waals surface area contributed by atoms with E-state index in [0.29, 0.717) is 5.56 Å². The molecular formula is C15H14N2. The lowest BCUT2D eigenvalue weighted by Gasteiger charge is -2.08. The minimum atomic E-state index is 0.681. The molecule has 0 atom stereocenters. The van der Waals surface area contributed by atoms with Crippen LogP contribution in [0.1, 0.15) is 16.7 Å². The van der Waals surface area contributed by atoms with Crippen molar-refractivity contribution in [1.29, 1.82) is 5.26 Å². The highest BCUT2D eigenvalue weighted by atomic mass is 14.9. The van der Waals surface area contributed by atoms with Crippen LogP contribution < -0.4 is 5.32 Å². The Bertz CT molecular complexity index is 553. The maximum absolute atomic E-state index is 8.97. The van der Waals surface area contributed by atoms with E-state index in [1.54, 1.807) is 0 Å². The number of aryl methyl sites for hydroxylation is 1. The monoisotopic (exact) mass is 222 g/mol. The van der Waals surface area contributed by atoms with E-state index in [1.807, 2.05) is 30.3 Å². The minimum absolute atomic E-state index is 0.681. The molecule has 0 fully saturated rings. The van der Waals surface area contributed by atoms with Crippen molar-refractivity contribution in [3.63, 3.8) is 0 Å². The highest BCUT2D eigenvalue weighted by Gasteiger charge is 1.99. The van der Waals surface area contributed by atoms with Gasteiger partial charge in [0.2, 0.25) is 0 Å². The van der Waals surface area contributed by atoms with E-state index in [4.69, 9.17) is 5.26 Å². The molecule has 0 saturated heterocycles. The Hall–Kier alpha value is -2.27. The van der Waals surface area contributed by atoms with Crippen molar-refractivity contribution in [2.75, 3.05) is 5.32 Å². The second-order valence-electron chi connectivity index (χ2n) is 4.00. The van der Waals surface area contributed by atoms with Gasteiger partial charge in [-0.3, -0.25) is 0 Å². The molecule has 0 aliphatic heterocycles. The highest BCUT2D eigenvalue weighted by molar-refractivity contribution is 5.57. The number of para-hydroxylation sites is 1. The van der Waals surface area contributed by atoms with Gasteiger partial charge < -0.3 is 5.32 Å². The molecule has 84 valence electrons. The van der Waals surface area contributed by atoms with E-state index in [1.165, 1.54) is 11.1 Å². The lowest BCUT2D eigenvalue weighted by Crippen LogP contribution is -2.01. The van der Waals surface area contributed by atoms with Crippen LogP contribution in [0.5, 0.6) is 0 Å². The lowest BCUT2D eigenvalue weighted by atomic mass is 10.1. The van der Waals surface area contributed by atoms with Gasteiger partial charge >= 0.3 is 0 Å². The van der Waals surface area contributed by atoms with Gasteiger partial charge in [0.15, 0.2) is 0 Å². The van der Waals surface area contributed by atoms with Gasteiger partial charge in [-0.1, -0.05) is 42.0 Å². The normalized spacial score (nSPS) is 9.65. The van der Waals surface area contributed by atoms with Crippen LogP contribution in [0.3, 0.4) is 0 Å². The van der Waals surface area contributed by atoms with Crippen LogP contribution in [-0.2, 0) is 6.54 Å². The number of hydrogen-bond acceptors (Lipinski definition) is 2. The summed E-state index contributed by atoms with van der Waals surface area (Å²) in [5, 5.41) is 12.3. The summed E-state index contributed by atoms with van der Waals surface area (Å²) in [7, 11) is 0. The second kappa shape index (κ2) is 5.18. The Balaban J connectivity index is 2.10. The van der Waals surface area contributed by atoms with Crippen LogP contribution >= 0.6 is 0 Å². The predicted molar refractivity (Wildman–Crippen MR) is 69.7 cm³/mol. The molecule has 0 spiro atoms. The van der Waals surface area contributed by atoms with Gasteiger partial charge in [-0.25, -0.2) is 0 Å². The molecule has 2 aromatic rings. The molecule has 0 unspecified atom stereocenters. The smallest absolute Gasteiger partial charge is 0.101 e. The number of hydrogen-bond donors (Lipinski definition) is 1. The minimum Gasteiger partial charge on any atom is -0.380 e. The molecule has 2 aromatic carbocycles. The highest BCUT2D eigenvalue weighted by Crippen LogP contribution is 2.15. The molecule has 0 aromatic heterocycles. The van der Waals surface area contributed by atoms with E-state index in [0.717, 1.165) is 12.2 Å². The molecule has 2 nitrogen and oxygen atoms in total. The lowest BCUT2D eigenvalue weighted by molar-refractivity contribution is 1.14. The number of nitrogens with zero attached hydrogens (tertiary/aromatic N) is 1. The Kier molecular flexibility index (Phi) is 3.42. The molecule has 0 amide bonds. The molecule has 0 saturated carbocycles. The zero-order valence-electron chi connectivity index (χ0n) is 9.77. The third-order valence-corrected chi connectivity index (χ3v) is 2.61. The first-order valence-corrected chi connectivity index (χ1v) is 5.58. The fourth-order valence-electron chi connectivity index (χ4n) is 1.75. The summed E-state index contributed by atoms with van der Waals surface area (Å²) in [6.07, 6.45) is 0. The summed E-state index contributed by atoms with van der Waals surface area (Å²) in [6, 6.07) is 18.1. The summed E-state index contributed by atoms with van der Waals surface area (Å²) >= 11 is 0. The zero-order chi connectivity index (χ0) is 12.1. The average molecular weight is 222 g/mol. The number of anilines is 1. The topological polar surface area (TPSA) is 35.8 Å². The van der Waals surface area contributed by atoms with Gasteiger partial charge in [-0.15, -0.1) is 0 Å². The number of benzene rings is 2. The van der Waals surface area contributed by atoms with Crippen LogP contribution in [0.25, 0.3) is 0 Å². The van der Waals surface area contributed by atoms with Crippen molar-refractivity contribution < 1.29 is 0 Å². The fourth-order valence-corrected chi connectivity index (χ4v) is 1.75. The molecule has 0 aliphatic carbocycles. The van der Waals surface area contributed by atoms with Crippen molar-refractivity contribution in [2.24, 2.45) is 0 Å². The van der Waals surface area contributed by atoms with Crippen molar-refractivity contribution in [1.82, 2.24) is 0 Å². The summed E-state index contributed by atoms with van der Waals surface area (Å²) in [6.45, 7) is 2.81. The average Bonchev–Trinajstić information content (AvgIpc) is 2.37. The van der Waals surface area contributed by atoms with Gasteiger partial charge in [0.05, 0.1) is 11.3 Å². The molecule has 17 heavy (non-hydrogen) atoms. The first kappa shape index (κ1) is 11.2. The molecule has 0 bridgehead atoms. The van der Waals surface area contributed by atoms with Crippen LogP contribution in [0.4, 0.5) is 5.69 Å². The van der Waals surface area contributed by atoms with Crippen LogP contribution in [0.2, 0.25) is 0 Å². The SMILES string of the molecule is Cc1cccc(CNc2ccccc2C#N)c1. The van der Waals surface area contributed by atoms with Crippen molar-refractivity contribution in [3.05, 3.63) is 65.2 Å². The summed E-state index contributed by atoms with van der Waals surface area (Å²) < 4.78 is 0. The van der Waals surface area contributed by atoms with Gasteiger partial charge in [-0.2, -0.15) is 5.26 Å². The first-order chi connectivity index (χ1) is 8.29. The van der Waals surface area contributed by atoms with Crippen molar-refractivity contribution >= 4 is 5.69 Å². The molecule has 2 heteroatoms. The standard InChI is InChI=1S/C15H14N2/c1-12-5-4-6-13(9-12)11-17-15-8-3-2-7-14(15)10-16/h2-9,17H,11H2,1H3. The van der Waals surface area contributed by atoms with Crippen molar-refractivity contribution in [3.8, 4) is 6.07 Å². The van der Waals surface area contributed by atoms with Gasteiger partial charge in [0, 0.05) is 6.54 Å². The van der Waals surface area contributed by atoms with E-state index < -0.39 is 0 Å². The molecule has 0 heterocycles. The maximum Gasteiger partial charge on any atom is 0.101 e. The van der Waals surface area contributed by atoms with Crippen molar-refractivity contribution in [2.45, 2.75) is 13.5 Å². The van der Waals surface area contributed by atoms with Crippen LogP contribution in [0, 0.1) is 18.3 Å². The molecule has 0 radical (unpaired) electrons. The molecular weight excluding hydrogens is 208 g/mol. The third-order valence-electron chi connectivity index (χ3n) is 2.61. The fraction of sp³-hybridized carbons (Fsp3) is 0.133. The van der Waals surface area contributed by atoms with E-state index in [9.17, 15) is 0 Å². The number of nitriles is 1. The number of nitrogens with one attached hydrogen (secondary N) is 1. The largest absolute Gasteiger partial charge is 0.380 e. The molecule has 2 rings (SSSR count). The van der Waals surface area contributed by atoms with E-state index >= 15 is 0 Å². The summed E-state index contributed by atoms with van der Waals surface area (Å²) in [5.74, 6) is 0. The zero-order valence-corrected chi connectivity index (χ0v) is 9.77.